The lowest BCUT2D eigenvalue weighted by Crippen LogP contribution is -2.49. The van der Waals surface area contributed by atoms with Crippen molar-refractivity contribution in [3.05, 3.63) is 0 Å². The number of piperidine rings is 1. The summed E-state index contributed by atoms with van der Waals surface area (Å²) in [7, 11) is 5.55. The summed E-state index contributed by atoms with van der Waals surface area (Å²) in [6.07, 6.45) is 1.32. The first-order valence-electron chi connectivity index (χ1n) is 6.87. The first kappa shape index (κ1) is 16.7. The molecule has 0 aromatic carbocycles. The molecule has 2 amide bonds. The molecule has 0 bridgehead atoms. The lowest BCUT2D eigenvalue weighted by Gasteiger charge is -2.35. The highest BCUT2D eigenvalue weighted by molar-refractivity contribution is 5.74. The summed E-state index contributed by atoms with van der Waals surface area (Å²) in [5.74, 6) is -0.933. The van der Waals surface area contributed by atoms with Crippen molar-refractivity contribution in [2.24, 2.45) is 0 Å². The van der Waals surface area contributed by atoms with Crippen molar-refractivity contribution in [2.45, 2.75) is 31.4 Å². The van der Waals surface area contributed by atoms with E-state index in [2.05, 4.69) is 24.3 Å². The molecule has 116 valence electrons. The van der Waals surface area contributed by atoms with Gasteiger partial charge in [-0.1, -0.05) is 0 Å². The van der Waals surface area contributed by atoms with Crippen LogP contribution in [-0.2, 0) is 9.53 Å². The molecule has 1 atom stereocenters. The third-order valence-electron chi connectivity index (χ3n) is 3.70. The second-order valence-electron chi connectivity index (χ2n) is 5.32. The molecule has 0 aromatic rings. The summed E-state index contributed by atoms with van der Waals surface area (Å²) in [5, 5.41) is 11.4. The first-order valence-corrected chi connectivity index (χ1v) is 6.87. The molecular formula is C13H25N3O4. The van der Waals surface area contributed by atoms with Gasteiger partial charge in [0, 0.05) is 32.8 Å². The number of carboxylic acid groups (broad SMARTS) is 1. The van der Waals surface area contributed by atoms with Crippen molar-refractivity contribution in [1.82, 2.24) is 15.1 Å². The fourth-order valence-corrected chi connectivity index (χ4v) is 2.33. The number of nitrogens with one attached hydrogen (secondary N) is 1. The standard InChI is InChI=1S/C13H25N3O4/c1-15(2)10-4-6-16(7-5-10)13(19)14-9-11(20-3)8-12(17)18/h10-11H,4-9H2,1-3H3,(H,14,19)(H,17,18). The lowest BCUT2D eigenvalue weighted by molar-refractivity contribution is -0.139. The Morgan fingerprint density at radius 2 is 2.00 bits per heavy atom. The van der Waals surface area contributed by atoms with Crippen molar-refractivity contribution in [2.75, 3.05) is 40.8 Å². The van der Waals surface area contributed by atoms with Crippen LogP contribution < -0.4 is 5.32 Å². The molecule has 1 aliphatic heterocycles. The van der Waals surface area contributed by atoms with E-state index in [1.807, 2.05) is 0 Å². The molecule has 7 heteroatoms. The topological polar surface area (TPSA) is 82.1 Å². The van der Waals surface area contributed by atoms with Gasteiger partial charge < -0.3 is 25.0 Å². The fourth-order valence-electron chi connectivity index (χ4n) is 2.33. The highest BCUT2D eigenvalue weighted by Gasteiger charge is 2.24. The van der Waals surface area contributed by atoms with Crippen LogP contribution >= 0.6 is 0 Å². The van der Waals surface area contributed by atoms with E-state index in [9.17, 15) is 9.59 Å². The van der Waals surface area contributed by atoms with E-state index in [1.54, 1.807) is 4.90 Å². The number of likely N-dealkylation sites (tertiary alicyclic amines) is 1. The Labute approximate surface area is 119 Å². The third-order valence-corrected chi connectivity index (χ3v) is 3.70. The number of methoxy groups -OCH3 is 1. The average Bonchev–Trinajstić information content (AvgIpc) is 2.42. The molecule has 1 unspecified atom stereocenters. The zero-order valence-electron chi connectivity index (χ0n) is 12.5. The Morgan fingerprint density at radius 3 is 2.45 bits per heavy atom. The maximum atomic E-state index is 12.0. The average molecular weight is 287 g/mol. The van der Waals surface area contributed by atoms with Gasteiger partial charge in [-0.3, -0.25) is 4.79 Å². The van der Waals surface area contributed by atoms with Gasteiger partial charge in [0.25, 0.3) is 0 Å². The number of hydrogen-bond acceptors (Lipinski definition) is 4. The quantitative estimate of drug-likeness (QED) is 0.730. The van der Waals surface area contributed by atoms with Gasteiger partial charge >= 0.3 is 12.0 Å². The molecule has 2 N–H and O–H groups in total. The van der Waals surface area contributed by atoms with Crippen LogP contribution in [-0.4, -0.2) is 79.9 Å². The first-order chi connectivity index (χ1) is 9.43. The lowest BCUT2D eigenvalue weighted by atomic mass is 10.0. The molecule has 1 saturated heterocycles. The molecule has 0 radical (unpaired) electrons. The number of aliphatic carboxylic acids is 1. The Kier molecular flexibility index (Phi) is 6.74. The largest absolute Gasteiger partial charge is 0.481 e. The van der Waals surface area contributed by atoms with Crippen LogP contribution in [0.2, 0.25) is 0 Å². The molecule has 20 heavy (non-hydrogen) atoms. The Morgan fingerprint density at radius 1 is 1.40 bits per heavy atom. The summed E-state index contributed by atoms with van der Waals surface area (Å²) in [4.78, 5) is 26.5. The van der Waals surface area contributed by atoms with Crippen LogP contribution in [0, 0.1) is 0 Å². The second kappa shape index (κ2) is 8.06. The normalized spacial score (nSPS) is 18.1. The van der Waals surface area contributed by atoms with Crippen LogP contribution in [0.3, 0.4) is 0 Å². The van der Waals surface area contributed by atoms with E-state index in [4.69, 9.17) is 9.84 Å². The van der Waals surface area contributed by atoms with Crippen molar-refractivity contribution in [3.63, 3.8) is 0 Å². The molecule has 1 aliphatic rings. The number of carbonyl (C=O) groups is 2. The van der Waals surface area contributed by atoms with Crippen LogP contribution in [0.15, 0.2) is 0 Å². The SMILES string of the molecule is COC(CNC(=O)N1CCC(N(C)C)CC1)CC(=O)O. The number of urea groups is 1. The predicted molar refractivity (Wildman–Crippen MR) is 74.7 cm³/mol. The van der Waals surface area contributed by atoms with Gasteiger partial charge in [-0.25, -0.2) is 4.79 Å². The number of amides is 2. The van der Waals surface area contributed by atoms with Gasteiger partial charge in [0.05, 0.1) is 12.5 Å². The van der Waals surface area contributed by atoms with Crippen molar-refractivity contribution >= 4 is 12.0 Å². The number of rotatable bonds is 6. The zero-order chi connectivity index (χ0) is 15.1. The summed E-state index contributed by atoms with van der Waals surface area (Å²) < 4.78 is 5.03. The second-order valence-corrected chi connectivity index (χ2v) is 5.32. The minimum Gasteiger partial charge on any atom is -0.481 e. The van der Waals surface area contributed by atoms with E-state index in [0.717, 1.165) is 25.9 Å². The zero-order valence-corrected chi connectivity index (χ0v) is 12.5. The summed E-state index contributed by atoms with van der Waals surface area (Å²) in [6.45, 7) is 1.67. The molecule has 0 aliphatic carbocycles. The number of carboxylic acids is 1. The number of nitrogens with zero attached hydrogens (tertiary/aromatic N) is 2. The van der Waals surface area contributed by atoms with Gasteiger partial charge in [0.2, 0.25) is 0 Å². The van der Waals surface area contributed by atoms with Crippen LogP contribution in [0.5, 0.6) is 0 Å². The summed E-state index contributed by atoms with van der Waals surface area (Å²) in [5.41, 5.74) is 0. The van der Waals surface area contributed by atoms with Crippen LogP contribution in [0.1, 0.15) is 19.3 Å². The monoisotopic (exact) mass is 287 g/mol. The number of hydrogen-bond donors (Lipinski definition) is 2. The molecular weight excluding hydrogens is 262 g/mol. The fraction of sp³-hybridized carbons (Fsp3) is 0.846. The van der Waals surface area contributed by atoms with Gasteiger partial charge in [-0.15, -0.1) is 0 Å². The Bertz CT molecular complexity index is 328. The van der Waals surface area contributed by atoms with Gasteiger partial charge in [-0.05, 0) is 26.9 Å². The van der Waals surface area contributed by atoms with Crippen molar-refractivity contribution in [3.8, 4) is 0 Å². The van der Waals surface area contributed by atoms with Crippen molar-refractivity contribution in [1.29, 1.82) is 0 Å². The van der Waals surface area contributed by atoms with E-state index in [1.165, 1.54) is 7.11 Å². The highest BCUT2D eigenvalue weighted by atomic mass is 16.5. The minimum absolute atomic E-state index is 0.112. The maximum Gasteiger partial charge on any atom is 0.317 e. The van der Waals surface area contributed by atoms with Gasteiger partial charge in [0.15, 0.2) is 0 Å². The van der Waals surface area contributed by atoms with Crippen molar-refractivity contribution < 1.29 is 19.4 Å². The van der Waals surface area contributed by atoms with Crippen LogP contribution in [0.4, 0.5) is 4.79 Å². The smallest absolute Gasteiger partial charge is 0.317 e. The molecule has 1 fully saturated rings. The molecule has 1 heterocycles. The molecule has 1 rings (SSSR count). The molecule has 0 aromatic heterocycles. The minimum atomic E-state index is -0.933. The molecule has 0 saturated carbocycles. The number of ether oxygens (including phenoxy) is 1. The third kappa shape index (κ3) is 5.34. The van der Waals surface area contributed by atoms with E-state index in [-0.39, 0.29) is 19.0 Å². The van der Waals surface area contributed by atoms with E-state index in [0.29, 0.717) is 6.04 Å². The predicted octanol–water partition coefficient (Wildman–Crippen LogP) is 0.212. The van der Waals surface area contributed by atoms with Gasteiger partial charge in [-0.2, -0.15) is 0 Å². The number of carbonyl (C=O) groups excluding carboxylic acids is 1. The van der Waals surface area contributed by atoms with E-state index < -0.39 is 12.1 Å². The van der Waals surface area contributed by atoms with Crippen LogP contribution in [0.25, 0.3) is 0 Å². The maximum absolute atomic E-state index is 12.0. The van der Waals surface area contributed by atoms with Gasteiger partial charge in [0.1, 0.15) is 0 Å². The molecule has 0 spiro atoms. The van der Waals surface area contributed by atoms with E-state index >= 15 is 0 Å². The Hall–Kier alpha value is -1.34. The summed E-state index contributed by atoms with van der Waals surface area (Å²) >= 11 is 0. The molecule has 7 nitrogen and oxygen atoms in total. The highest BCUT2D eigenvalue weighted by Crippen LogP contribution is 2.14. The summed E-state index contributed by atoms with van der Waals surface area (Å²) in [6, 6.07) is 0.382. The Balaban J connectivity index is 2.31.